The molecule has 0 atom stereocenters. The van der Waals surface area contributed by atoms with Crippen molar-refractivity contribution in [2.75, 3.05) is 17.7 Å². The number of rotatable bonds is 6. The quantitative estimate of drug-likeness (QED) is 0.572. The highest BCUT2D eigenvalue weighted by molar-refractivity contribution is 7.22. The molecule has 0 fully saturated rings. The molecule has 0 radical (unpaired) electrons. The summed E-state index contributed by atoms with van der Waals surface area (Å²) in [6, 6.07) is 9.10. The van der Waals surface area contributed by atoms with Gasteiger partial charge in [0, 0.05) is 17.0 Å². The van der Waals surface area contributed by atoms with E-state index in [9.17, 15) is 9.59 Å². The number of halogens is 1. The van der Waals surface area contributed by atoms with Gasteiger partial charge < -0.3 is 15.4 Å². The average Bonchev–Trinajstić information content (AvgIpc) is 3.05. The maximum absolute atomic E-state index is 12.5. The lowest BCUT2D eigenvalue weighted by molar-refractivity contribution is -0.119. The fourth-order valence-corrected chi connectivity index (χ4v) is 3.78. The molecule has 1 heterocycles. The topological polar surface area (TPSA) is 80.3 Å². The van der Waals surface area contributed by atoms with Crippen LogP contribution in [0.25, 0.3) is 10.2 Å². The van der Waals surface area contributed by atoms with E-state index < -0.39 is 0 Å². The molecule has 29 heavy (non-hydrogen) atoms. The first-order chi connectivity index (χ1) is 13.8. The molecule has 152 valence electrons. The highest BCUT2D eigenvalue weighted by Gasteiger charge is 2.13. The van der Waals surface area contributed by atoms with E-state index in [1.807, 2.05) is 39.0 Å². The van der Waals surface area contributed by atoms with Gasteiger partial charge in [-0.25, -0.2) is 4.98 Å². The molecular formula is C21H22ClN3O3S. The molecule has 0 bridgehead atoms. The van der Waals surface area contributed by atoms with Crippen LogP contribution in [-0.2, 0) is 16.0 Å². The third-order valence-electron chi connectivity index (χ3n) is 4.33. The van der Waals surface area contributed by atoms with Crippen LogP contribution in [0.1, 0.15) is 25.0 Å². The predicted molar refractivity (Wildman–Crippen MR) is 118 cm³/mol. The van der Waals surface area contributed by atoms with Gasteiger partial charge in [0.2, 0.25) is 11.8 Å². The monoisotopic (exact) mass is 431 g/mol. The largest absolute Gasteiger partial charge is 0.495 e. The molecule has 0 saturated heterocycles. The van der Waals surface area contributed by atoms with Gasteiger partial charge >= 0.3 is 0 Å². The van der Waals surface area contributed by atoms with Crippen LogP contribution in [0.3, 0.4) is 0 Å². The van der Waals surface area contributed by atoms with Crippen LogP contribution in [0.2, 0.25) is 5.02 Å². The van der Waals surface area contributed by atoms with Gasteiger partial charge in [0.15, 0.2) is 5.13 Å². The number of aryl methyl sites for hydroxylation is 1. The number of hydrogen-bond acceptors (Lipinski definition) is 5. The van der Waals surface area contributed by atoms with E-state index in [2.05, 4.69) is 15.6 Å². The number of fused-ring (bicyclic) bond motifs is 1. The van der Waals surface area contributed by atoms with Gasteiger partial charge in [0.05, 0.1) is 29.4 Å². The summed E-state index contributed by atoms with van der Waals surface area (Å²) in [5, 5.41) is 6.83. The minimum absolute atomic E-state index is 0.0733. The second-order valence-corrected chi connectivity index (χ2v) is 8.43. The Kier molecular flexibility index (Phi) is 6.39. The summed E-state index contributed by atoms with van der Waals surface area (Å²) < 4.78 is 6.21. The van der Waals surface area contributed by atoms with Crippen molar-refractivity contribution in [3.8, 4) is 5.75 Å². The molecule has 2 aromatic carbocycles. The average molecular weight is 432 g/mol. The van der Waals surface area contributed by atoms with Crippen molar-refractivity contribution in [1.82, 2.24) is 4.98 Å². The molecular weight excluding hydrogens is 410 g/mol. The number of thiazole rings is 1. The number of benzene rings is 2. The minimum Gasteiger partial charge on any atom is -0.495 e. The highest BCUT2D eigenvalue weighted by atomic mass is 35.5. The predicted octanol–water partition coefficient (Wildman–Crippen LogP) is 5.04. The first-order valence-electron chi connectivity index (χ1n) is 9.11. The third-order valence-corrected chi connectivity index (χ3v) is 5.67. The van der Waals surface area contributed by atoms with E-state index >= 15 is 0 Å². The van der Waals surface area contributed by atoms with Gasteiger partial charge in [-0.05, 0) is 36.2 Å². The highest BCUT2D eigenvalue weighted by Crippen LogP contribution is 2.31. The zero-order valence-electron chi connectivity index (χ0n) is 16.6. The van der Waals surface area contributed by atoms with Crippen LogP contribution in [0, 0.1) is 12.8 Å². The zero-order chi connectivity index (χ0) is 21.1. The van der Waals surface area contributed by atoms with Crippen molar-refractivity contribution in [2.45, 2.75) is 27.2 Å². The lowest BCUT2D eigenvalue weighted by atomic mass is 10.1. The Morgan fingerprint density at radius 3 is 2.66 bits per heavy atom. The molecule has 0 unspecified atom stereocenters. The van der Waals surface area contributed by atoms with E-state index in [1.165, 1.54) is 18.4 Å². The summed E-state index contributed by atoms with van der Waals surface area (Å²) >= 11 is 7.50. The molecule has 3 rings (SSSR count). The third kappa shape index (κ3) is 5.05. The molecule has 1 aromatic heterocycles. The molecule has 0 aliphatic rings. The van der Waals surface area contributed by atoms with Gasteiger partial charge in [-0.15, -0.1) is 0 Å². The Morgan fingerprint density at radius 2 is 1.97 bits per heavy atom. The van der Waals surface area contributed by atoms with Crippen molar-refractivity contribution in [3.63, 3.8) is 0 Å². The number of nitrogens with one attached hydrogen (secondary N) is 2. The molecule has 0 aliphatic heterocycles. The zero-order valence-corrected chi connectivity index (χ0v) is 18.2. The number of amides is 2. The molecule has 6 nitrogen and oxygen atoms in total. The van der Waals surface area contributed by atoms with Crippen molar-refractivity contribution < 1.29 is 14.3 Å². The Labute approximate surface area is 178 Å². The molecule has 0 saturated carbocycles. The van der Waals surface area contributed by atoms with Gasteiger partial charge in [0.25, 0.3) is 0 Å². The van der Waals surface area contributed by atoms with Crippen LogP contribution < -0.4 is 15.4 Å². The van der Waals surface area contributed by atoms with E-state index in [0.717, 1.165) is 21.3 Å². The molecule has 2 N–H and O–H groups in total. The lowest BCUT2D eigenvalue weighted by Gasteiger charge is -2.12. The summed E-state index contributed by atoms with van der Waals surface area (Å²) in [4.78, 5) is 28.8. The molecule has 2 amide bonds. The van der Waals surface area contributed by atoms with E-state index in [0.29, 0.717) is 21.6 Å². The number of nitrogens with zero attached hydrogens (tertiary/aromatic N) is 1. The van der Waals surface area contributed by atoms with Crippen molar-refractivity contribution >= 4 is 55.8 Å². The summed E-state index contributed by atoms with van der Waals surface area (Å²) in [5.74, 6) is 0.158. The van der Waals surface area contributed by atoms with Gasteiger partial charge in [-0.2, -0.15) is 0 Å². The maximum atomic E-state index is 12.5. The molecule has 8 heteroatoms. The van der Waals surface area contributed by atoms with Gasteiger partial charge in [-0.3, -0.25) is 9.59 Å². The fourth-order valence-electron chi connectivity index (χ4n) is 2.69. The van der Waals surface area contributed by atoms with Crippen LogP contribution in [0.15, 0.2) is 30.3 Å². The Hall–Kier alpha value is -2.64. The first-order valence-corrected chi connectivity index (χ1v) is 10.3. The van der Waals surface area contributed by atoms with E-state index in [1.54, 1.807) is 12.1 Å². The van der Waals surface area contributed by atoms with Crippen molar-refractivity contribution in [3.05, 3.63) is 46.5 Å². The summed E-state index contributed by atoms with van der Waals surface area (Å²) in [6.07, 6.45) is 0.201. The molecule has 0 aliphatic carbocycles. The van der Waals surface area contributed by atoms with E-state index in [-0.39, 0.29) is 24.2 Å². The van der Waals surface area contributed by atoms with Crippen molar-refractivity contribution in [2.24, 2.45) is 5.92 Å². The van der Waals surface area contributed by atoms with Crippen LogP contribution in [0.4, 0.5) is 10.8 Å². The number of methoxy groups -OCH3 is 1. The summed E-state index contributed by atoms with van der Waals surface area (Å²) in [6.45, 7) is 5.53. The summed E-state index contributed by atoms with van der Waals surface area (Å²) in [7, 11) is 1.53. The number of anilines is 2. The van der Waals surface area contributed by atoms with Crippen LogP contribution in [0.5, 0.6) is 5.75 Å². The maximum Gasteiger partial charge on any atom is 0.228 e. The molecule has 3 aromatic rings. The normalized spacial score (nSPS) is 11.0. The SMILES string of the molecule is COc1cc(Cl)c(C)cc1NC(=O)Cc1ccc2nc(NC(=O)C(C)C)sc2c1. The standard InChI is InChI=1S/C21H22ClN3O3S/c1-11(2)20(27)25-21-24-15-6-5-13(8-18(15)29-21)9-19(26)23-16-7-12(3)14(22)10-17(16)28-4/h5-8,10-11H,9H2,1-4H3,(H,23,26)(H,24,25,27). The Balaban J connectivity index is 1.74. The fraction of sp³-hybridized carbons (Fsp3) is 0.286. The number of hydrogen-bond donors (Lipinski definition) is 2. The number of carbonyl (C=O) groups is 2. The number of carbonyl (C=O) groups excluding carboxylic acids is 2. The lowest BCUT2D eigenvalue weighted by Crippen LogP contribution is -2.17. The van der Waals surface area contributed by atoms with Crippen molar-refractivity contribution in [1.29, 1.82) is 0 Å². The van der Waals surface area contributed by atoms with Gasteiger partial charge in [-0.1, -0.05) is 42.9 Å². The smallest absolute Gasteiger partial charge is 0.228 e. The first kappa shape index (κ1) is 21.1. The Bertz CT molecular complexity index is 1080. The minimum atomic E-state index is -0.165. The Morgan fingerprint density at radius 1 is 1.21 bits per heavy atom. The number of ether oxygens (including phenoxy) is 1. The molecule has 0 spiro atoms. The van der Waals surface area contributed by atoms with E-state index in [4.69, 9.17) is 16.3 Å². The van der Waals surface area contributed by atoms with Crippen LogP contribution in [-0.4, -0.2) is 23.9 Å². The van der Waals surface area contributed by atoms with Crippen LogP contribution >= 0.6 is 22.9 Å². The van der Waals surface area contributed by atoms with Gasteiger partial charge in [0.1, 0.15) is 5.75 Å². The number of aromatic nitrogens is 1. The second kappa shape index (κ2) is 8.80. The second-order valence-electron chi connectivity index (χ2n) is 6.99. The summed E-state index contributed by atoms with van der Waals surface area (Å²) in [5.41, 5.74) is 3.07.